The van der Waals surface area contributed by atoms with Crippen LogP contribution in [0.4, 0.5) is 13.2 Å². The maximum atomic E-state index is 13.3. The van der Waals surface area contributed by atoms with Crippen molar-refractivity contribution in [3.05, 3.63) is 29.3 Å². The molecule has 6 nitrogen and oxygen atoms in total. The second-order valence-corrected chi connectivity index (χ2v) is 8.44. The molecular formula is C17H27F3IN3O3S. The summed E-state index contributed by atoms with van der Waals surface area (Å²) in [6, 6.07) is 3.52. The lowest BCUT2D eigenvalue weighted by Crippen LogP contribution is -2.42. The lowest BCUT2D eigenvalue weighted by molar-refractivity contribution is -0.138. The van der Waals surface area contributed by atoms with Crippen LogP contribution in [0.15, 0.2) is 23.2 Å². The summed E-state index contributed by atoms with van der Waals surface area (Å²) >= 11 is 0. The minimum absolute atomic E-state index is 0. The largest absolute Gasteiger partial charge is 0.497 e. The van der Waals surface area contributed by atoms with Gasteiger partial charge in [-0.25, -0.2) is 13.4 Å². The van der Waals surface area contributed by atoms with Crippen LogP contribution in [0.5, 0.6) is 5.75 Å². The van der Waals surface area contributed by atoms with Crippen LogP contribution in [0, 0.1) is 0 Å². The Labute approximate surface area is 181 Å². The molecule has 28 heavy (non-hydrogen) atoms. The average Bonchev–Trinajstić information content (AvgIpc) is 2.56. The molecule has 0 radical (unpaired) electrons. The summed E-state index contributed by atoms with van der Waals surface area (Å²) in [6.45, 7) is 3.94. The molecule has 1 aromatic carbocycles. The molecular weight excluding hydrogens is 510 g/mol. The number of sulfone groups is 1. The second-order valence-electron chi connectivity index (χ2n) is 6.18. The Kier molecular flexibility index (Phi) is 11.2. The molecule has 0 aliphatic rings. The Morgan fingerprint density at radius 2 is 1.96 bits per heavy atom. The van der Waals surface area contributed by atoms with E-state index in [9.17, 15) is 21.6 Å². The molecule has 0 saturated carbocycles. The molecule has 0 spiro atoms. The summed E-state index contributed by atoms with van der Waals surface area (Å²) in [5.74, 6) is 0.453. The number of guanidine groups is 1. The highest BCUT2D eigenvalue weighted by atomic mass is 127. The lowest BCUT2D eigenvalue weighted by Gasteiger charge is -2.18. The third-order valence-corrected chi connectivity index (χ3v) is 4.66. The van der Waals surface area contributed by atoms with Gasteiger partial charge in [0.05, 0.1) is 25.0 Å². The molecule has 162 valence electrons. The van der Waals surface area contributed by atoms with E-state index in [-0.39, 0.29) is 53.6 Å². The van der Waals surface area contributed by atoms with Gasteiger partial charge >= 0.3 is 6.18 Å². The van der Waals surface area contributed by atoms with E-state index in [1.807, 2.05) is 6.92 Å². The van der Waals surface area contributed by atoms with Crippen LogP contribution < -0.4 is 15.4 Å². The molecule has 0 fully saturated rings. The molecule has 0 aliphatic heterocycles. The van der Waals surface area contributed by atoms with Gasteiger partial charge in [-0.2, -0.15) is 13.2 Å². The van der Waals surface area contributed by atoms with Crippen LogP contribution in [-0.2, 0) is 22.6 Å². The molecule has 1 aromatic rings. The van der Waals surface area contributed by atoms with Gasteiger partial charge in [0.1, 0.15) is 15.6 Å². The van der Waals surface area contributed by atoms with Crippen LogP contribution in [0.25, 0.3) is 0 Å². The monoisotopic (exact) mass is 537 g/mol. The maximum absolute atomic E-state index is 13.3. The van der Waals surface area contributed by atoms with Gasteiger partial charge in [0.15, 0.2) is 5.96 Å². The van der Waals surface area contributed by atoms with Crippen LogP contribution >= 0.6 is 24.0 Å². The topological polar surface area (TPSA) is 79.8 Å². The van der Waals surface area contributed by atoms with E-state index in [4.69, 9.17) is 4.74 Å². The van der Waals surface area contributed by atoms with Crippen LogP contribution in [-0.4, -0.2) is 46.1 Å². The van der Waals surface area contributed by atoms with E-state index in [0.717, 1.165) is 12.3 Å². The van der Waals surface area contributed by atoms with Gasteiger partial charge in [0.2, 0.25) is 0 Å². The predicted octanol–water partition coefficient (Wildman–Crippen LogP) is 3.21. The van der Waals surface area contributed by atoms with E-state index in [1.54, 1.807) is 6.92 Å². The number of nitrogens with one attached hydrogen (secondary N) is 2. The van der Waals surface area contributed by atoms with Crippen molar-refractivity contribution in [2.24, 2.45) is 4.99 Å². The molecule has 0 amide bonds. The Balaban J connectivity index is 0.00000729. The summed E-state index contributed by atoms with van der Waals surface area (Å²) in [4.78, 5) is 4.20. The number of nitrogens with zero attached hydrogens (tertiary/aromatic N) is 1. The summed E-state index contributed by atoms with van der Waals surface area (Å²) < 4.78 is 67.2. The normalized spacial score (nSPS) is 13.5. The highest BCUT2D eigenvalue weighted by Gasteiger charge is 2.33. The fourth-order valence-corrected chi connectivity index (χ4v) is 3.05. The SMILES string of the molecule is CCNC(=NCc1ccc(OC)cc1C(F)(F)F)NC(C)CCS(C)(=O)=O.I. The number of rotatable bonds is 8. The zero-order valence-corrected chi connectivity index (χ0v) is 19.4. The van der Waals surface area contributed by atoms with Crippen LogP contribution in [0.2, 0.25) is 0 Å². The number of halogens is 4. The van der Waals surface area contributed by atoms with Crippen molar-refractivity contribution >= 4 is 39.8 Å². The van der Waals surface area contributed by atoms with Gasteiger partial charge in [-0.05, 0) is 38.0 Å². The first kappa shape index (κ1) is 26.8. The minimum atomic E-state index is -4.52. The van der Waals surface area contributed by atoms with Gasteiger partial charge < -0.3 is 15.4 Å². The van der Waals surface area contributed by atoms with E-state index >= 15 is 0 Å². The van der Waals surface area contributed by atoms with Gasteiger partial charge in [-0.3, -0.25) is 0 Å². The number of ether oxygens (including phenoxy) is 1. The van der Waals surface area contributed by atoms with Gasteiger partial charge in [0.25, 0.3) is 0 Å². The number of hydrogen-bond acceptors (Lipinski definition) is 4. The maximum Gasteiger partial charge on any atom is 0.416 e. The van der Waals surface area contributed by atoms with Crippen LogP contribution in [0.1, 0.15) is 31.4 Å². The number of benzene rings is 1. The third-order valence-electron chi connectivity index (χ3n) is 3.68. The molecule has 11 heteroatoms. The van der Waals surface area contributed by atoms with Crippen molar-refractivity contribution in [2.45, 2.75) is 39.0 Å². The Morgan fingerprint density at radius 3 is 2.46 bits per heavy atom. The number of alkyl halides is 3. The molecule has 0 saturated heterocycles. The number of aliphatic imine (C=N–C) groups is 1. The van der Waals surface area contributed by atoms with Crippen molar-refractivity contribution in [3.8, 4) is 5.75 Å². The van der Waals surface area contributed by atoms with Crippen molar-refractivity contribution in [3.63, 3.8) is 0 Å². The lowest BCUT2D eigenvalue weighted by atomic mass is 10.1. The first-order valence-electron chi connectivity index (χ1n) is 8.43. The fourth-order valence-electron chi connectivity index (χ4n) is 2.26. The third kappa shape index (κ3) is 9.80. The van der Waals surface area contributed by atoms with Crippen LogP contribution in [0.3, 0.4) is 0 Å². The van der Waals surface area contributed by atoms with Gasteiger partial charge in [-0.1, -0.05) is 6.07 Å². The quantitative estimate of drug-likeness (QED) is 0.303. The van der Waals surface area contributed by atoms with E-state index in [1.165, 1.54) is 19.2 Å². The Hall–Kier alpha value is -1.24. The molecule has 1 unspecified atom stereocenters. The highest BCUT2D eigenvalue weighted by Crippen LogP contribution is 2.34. The van der Waals surface area contributed by atoms with Crippen molar-refractivity contribution < 1.29 is 26.3 Å². The first-order valence-corrected chi connectivity index (χ1v) is 10.5. The smallest absolute Gasteiger partial charge is 0.416 e. The predicted molar refractivity (Wildman–Crippen MR) is 115 cm³/mol. The van der Waals surface area contributed by atoms with Crippen molar-refractivity contribution in [1.82, 2.24) is 10.6 Å². The summed E-state index contributed by atoms with van der Waals surface area (Å²) in [7, 11) is -1.78. The molecule has 0 bridgehead atoms. The number of methoxy groups -OCH3 is 1. The summed E-state index contributed by atoms with van der Waals surface area (Å²) in [6.07, 6.45) is -3.01. The molecule has 0 heterocycles. The summed E-state index contributed by atoms with van der Waals surface area (Å²) in [5.41, 5.74) is -0.782. The average molecular weight is 537 g/mol. The molecule has 1 rings (SSSR count). The van der Waals surface area contributed by atoms with E-state index in [2.05, 4.69) is 15.6 Å². The van der Waals surface area contributed by atoms with Gasteiger partial charge in [0, 0.05) is 18.8 Å². The first-order chi connectivity index (χ1) is 12.5. The zero-order valence-electron chi connectivity index (χ0n) is 16.3. The van der Waals surface area contributed by atoms with Crippen molar-refractivity contribution in [2.75, 3.05) is 25.7 Å². The zero-order chi connectivity index (χ0) is 20.7. The fraction of sp³-hybridized carbons (Fsp3) is 0.588. The highest BCUT2D eigenvalue weighted by molar-refractivity contribution is 14.0. The van der Waals surface area contributed by atoms with E-state index < -0.39 is 21.6 Å². The Morgan fingerprint density at radius 1 is 1.32 bits per heavy atom. The standard InChI is InChI=1S/C17H26F3N3O3S.HI/c1-5-21-16(23-12(2)8-9-27(4,24)25)22-11-13-6-7-14(26-3)10-15(13)17(18,19)20;/h6-7,10,12H,5,8-9,11H2,1-4H3,(H2,21,22,23);1H. The molecule has 1 atom stereocenters. The second kappa shape index (κ2) is 11.7. The molecule has 0 aliphatic carbocycles. The van der Waals surface area contributed by atoms with E-state index in [0.29, 0.717) is 18.9 Å². The van der Waals surface area contributed by atoms with Gasteiger partial charge in [-0.15, -0.1) is 24.0 Å². The molecule has 2 N–H and O–H groups in total. The Bertz CT molecular complexity index is 756. The van der Waals surface area contributed by atoms with Crippen molar-refractivity contribution in [1.29, 1.82) is 0 Å². The number of hydrogen-bond donors (Lipinski definition) is 2. The molecule has 0 aromatic heterocycles. The minimum Gasteiger partial charge on any atom is -0.497 e. The summed E-state index contributed by atoms with van der Waals surface area (Å²) in [5, 5.41) is 5.96.